The van der Waals surface area contributed by atoms with Crippen LogP contribution < -0.4 is 5.32 Å². The summed E-state index contributed by atoms with van der Waals surface area (Å²) >= 11 is 0. The molecule has 1 N–H and O–H groups in total. The summed E-state index contributed by atoms with van der Waals surface area (Å²) in [5.41, 5.74) is 3.39. The molecular weight excluding hydrogens is 288 g/mol. The highest BCUT2D eigenvalue weighted by Crippen LogP contribution is 2.21. The lowest BCUT2D eigenvalue weighted by atomic mass is 10.1. The van der Waals surface area contributed by atoms with Crippen LogP contribution in [0.1, 0.15) is 16.9 Å². The Morgan fingerprint density at radius 1 is 1.14 bits per heavy atom. The van der Waals surface area contributed by atoms with E-state index in [1.807, 2.05) is 19.1 Å². The van der Waals surface area contributed by atoms with Crippen molar-refractivity contribution in [2.75, 3.05) is 19.4 Å². The van der Waals surface area contributed by atoms with Gasteiger partial charge in [0.25, 0.3) is 10.0 Å². The lowest BCUT2D eigenvalue weighted by molar-refractivity contribution is 0.402. The molecule has 0 aliphatic carbocycles. The lowest BCUT2D eigenvalue weighted by Crippen LogP contribution is -2.21. The van der Waals surface area contributed by atoms with Crippen molar-refractivity contribution < 1.29 is 12.8 Å². The maximum atomic E-state index is 11.9. The van der Waals surface area contributed by atoms with Crippen LogP contribution >= 0.6 is 0 Å². The van der Waals surface area contributed by atoms with E-state index in [4.69, 9.17) is 4.42 Å². The van der Waals surface area contributed by atoms with Crippen molar-refractivity contribution in [2.24, 2.45) is 0 Å². The zero-order chi connectivity index (χ0) is 15.6. The Morgan fingerprint density at radius 3 is 2.52 bits per heavy atom. The molecule has 1 aromatic heterocycles. The van der Waals surface area contributed by atoms with Gasteiger partial charge in [-0.05, 0) is 43.2 Å². The summed E-state index contributed by atoms with van der Waals surface area (Å²) in [6, 6.07) is 9.18. The number of nitrogens with zero attached hydrogens (tertiary/aromatic N) is 1. The number of rotatable bonds is 5. The van der Waals surface area contributed by atoms with Gasteiger partial charge in [0.15, 0.2) is 0 Å². The molecule has 0 saturated heterocycles. The SMILES string of the molecule is Cc1cccc(NCc2ccc(S(=O)(=O)N(C)C)o2)c1C. The smallest absolute Gasteiger partial charge is 0.275 e. The van der Waals surface area contributed by atoms with Gasteiger partial charge in [-0.3, -0.25) is 0 Å². The second-order valence-electron chi connectivity index (χ2n) is 5.11. The van der Waals surface area contributed by atoms with E-state index in [0.717, 1.165) is 9.99 Å². The first kappa shape index (κ1) is 15.6. The molecule has 2 rings (SSSR count). The summed E-state index contributed by atoms with van der Waals surface area (Å²) in [6.07, 6.45) is 0. The van der Waals surface area contributed by atoms with Gasteiger partial charge in [0.2, 0.25) is 5.09 Å². The van der Waals surface area contributed by atoms with Crippen LogP contribution in [0.2, 0.25) is 0 Å². The van der Waals surface area contributed by atoms with Gasteiger partial charge in [-0.2, -0.15) is 0 Å². The Kier molecular flexibility index (Phi) is 4.39. The average Bonchev–Trinajstić information content (AvgIpc) is 2.90. The summed E-state index contributed by atoms with van der Waals surface area (Å²) < 4.78 is 30.4. The first-order valence-electron chi connectivity index (χ1n) is 6.63. The quantitative estimate of drug-likeness (QED) is 0.922. The van der Waals surface area contributed by atoms with Crippen molar-refractivity contribution >= 4 is 15.7 Å². The van der Waals surface area contributed by atoms with Crippen LogP contribution in [0.25, 0.3) is 0 Å². The molecule has 0 aliphatic heterocycles. The number of sulfonamides is 1. The molecule has 0 unspecified atom stereocenters. The van der Waals surface area contributed by atoms with Gasteiger partial charge in [-0.15, -0.1) is 0 Å². The fourth-order valence-electron chi connectivity index (χ4n) is 1.90. The fraction of sp³-hybridized carbons (Fsp3) is 0.333. The molecule has 21 heavy (non-hydrogen) atoms. The molecule has 0 amide bonds. The summed E-state index contributed by atoms with van der Waals surface area (Å²) in [5, 5.41) is 3.23. The number of anilines is 1. The molecule has 0 saturated carbocycles. The number of nitrogens with one attached hydrogen (secondary N) is 1. The predicted molar refractivity (Wildman–Crippen MR) is 82.8 cm³/mol. The molecule has 1 heterocycles. The van der Waals surface area contributed by atoms with Crippen molar-refractivity contribution in [3.63, 3.8) is 0 Å². The fourth-order valence-corrected chi connectivity index (χ4v) is 2.71. The van der Waals surface area contributed by atoms with Crippen LogP contribution in [0.15, 0.2) is 39.8 Å². The van der Waals surface area contributed by atoms with Crippen molar-refractivity contribution in [3.05, 3.63) is 47.2 Å². The molecule has 5 nitrogen and oxygen atoms in total. The Hall–Kier alpha value is -1.79. The maximum absolute atomic E-state index is 11.9. The Labute approximate surface area is 125 Å². The highest BCUT2D eigenvalue weighted by molar-refractivity contribution is 7.88. The minimum absolute atomic E-state index is 0.0368. The molecule has 1 aromatic carbocycles. The van der Waals surface area contributed by atoms with Gasteiger partial charge in [0, 0.05) is 19.8 Å². The van der Waals surface area contributed by atoms with Gasteiger partial charge < -0.3 is 9.73 Å². The second-order valence-corrected chi connectivity index (χ2v) is 7.19. The summed E-state index contributed by atoms with van der Waals surface area (Å²) in [7, 11) is -0.559. The molecular formula is C15H20N2O3S. The first-order chi connectivity index (χ1) is 9.82. The molecule has 114 valence electrons. The highest BCUT2D eigenvalue weighted by Gasteiger charge is 2.21. The van der Waals surface area contributed by atoms with E-state index >= 15 is 0 Å². The van der Waals surface area contributed by atoms with E-state index in [1.54, 1.807) is 6.07 Å². The largest absolute Gasteiger partial charge is 0.446 e. The third-order valence-electron chi connectivity index (χ3n) is 3.43. The van der Waals surface area contributed by atoms with Crippen LogP contribution in [-0.4, -0.2) is 26.8 Å². The van der Waals surface area contributed by atoms with E-state index in [9.17, 15) is 8.42 Å². The zero-order valence-electron chi connectivity index (χ0n) is 12.7. The van der Waals surface area contributed by atoms with E-state index in [2.05, 4.69) is 18.3 Å². The number of aryl methyl sites for hydroxylation is 1. The monoisotopic (exact) mass is 308 g/mol. The van der Waals surface area contributed by atoms with Crippen LogP contribution in [0, 0.1) is 13.8 Å². The molecule has 0 radical (unpaired) electrons. The van der Waals surface area contributed by atoms with Crippen molar-refractivity contribution in [1.29, 1.82) is 0 Å². The topological polar surface area (TPSA) is 62.6 Å². The van der Waals surface area contributed by atoms with Crippen LogP contribution in [-0.2, 0) is 16.6 Å². The summed E-state index contributed by atoms with van der Waals surface area (Å²) in [4.78, 5) is 0. The van der Waals surface area contributed by atoms with Gasteiger partial charge in [-0.1, -0.05) is 12.1 Å². The van der Waals surface area contributed by atoms with E-state index < -0.39 is 10.0 Å². The van der Waals surface area contributed by atoms with Gasteiger partial charge in [-0.25, -0.2) is 12.7 Å². The molecule has 6 heteroatoms. The standard InChI is InChI=1S/C15H20N2O3S/c1-11-6-5-7-14(12(11)2)16-10-13-8-9-15(20-13)21(18,19)17(3)4/h5-9,16H,10H2,1-4H3. The third kappa shape index (κ3) is 3.28. The minimum Gasteiger partial charge on any atom is -0.446 e. The molecule has 0 fully saturated rings. The Morgan fingerprint density at radius 2 is 1.86 bits per heavy atom. The van der Waals surface area contributed by atoms with Crippen LogP contribution in [0.5, 0.6) is 0 Å². The predicted octanol–water partition coefficient (Wildman–Crippen LogP) is 2.76. The molecule has 0 aliphatic rings. The molecule has 2 aromatic rings. The van der Waals surface area contributed by atoms with Crippen LogP contribution in [0.4, 0.5) is 5.69 Å². The Bertz CT molecular complexity index is 733. The molecule has 0 atom stereocenters. The van der Waals surface area contributed by atoms with Gasteiger partial charge in [0.1, 0.15) is 5.76 Å². The normalized spacial score (nSPS) is 11.9. The van der Waals surface area contributed by atoms with Crippen molar-refractivity contribution in [1.82, 2.24) is 4.31 Å². The van der Waals surface area contributed by atoms with Gasteiger partial charge in [0.05, 0.1) is 6.54 Å². The third-order valence-corrected chi connectivity index (χ3v) is 5.12. The number of furan rings is 1. The van der Waals surface area contributed by atoms with Gasteiger partial charge >= 0.3 is 0 Å². The van der Waals surface area contributed by atoms with E-state index in [0.29, 0.717) is 12.3 Å². The minimum atomic E-state index is -3.52. The van der Waals surface area contributed by atoms with E-state index in [-0.39, 0.29) is 5.09 Å². The maximum Gasteiger partial charge on any atom is 0.275 e. The number of hydrogen-bond acceptors (Lipinski definition) is 4. The van der Waals surface area contributed by atoms with E-state index in [1.165, 1.54) is 31.3 Å². The first-order valence-corrected chi connectivity index (χ1v) is 8.07. The molecule has 0 spiro atoms. The average molecular weight is 308 g/mol. The Balaban J connectivity index is 2.12. The number of hydrogen-bond donors (Lipinski definition) is 1. The van der Waals surface area contributed by atoms with Crippen molar-refractivity contribution in [3.8, 4) is 0 Å². The number of benzene rings is 1. The van der Waals surface area contributed by atoms with Crippen LogP contribution in [0.3, 0.4) is 0 Å². The summed E-state index contributed by atoms with van der Waals surface area (Å²) in [6.45, 7) is 4.53. The summed E-state index contributed by atoms with van der Waals surface area (Å²) in [5.74, 6) is 0.580. The second kappa shape index (κ2) is 5.91. The zero-order valence-corrected chi connectivity index (χ0v) is 13.5. The molecule has 0 bridgehead atoms. The lowest BCUT2D eigenvalue weighted by Gasteiger charge is -2.10. The van der Waals surface area contributed by atoms with Crippen molar-refractivity contribution in [2.45, 2.75) is 25.5 Å². The highest BCUT2D eigenvalue weighted by atomic mass is 32.2.